The van der Waals surface area contributed by atoms with Gasteiger partial charge in [0.15, 0.2) is 0 Å². The minimum Gasteiger partial charge on any atom is -0.395 e. The highest BCUT2D eigenvalue weighted by Gasteiger charge is 2.02. The average molecular weight is 195 g/mol. The number of nitrogens with zero attached hydrogens (tertiary/aromatic N) is 3. The monoisotopic (exact) mass is 195 g/mol. The number of aliphatic hydroxyl groups is 1. The van der Waals surface area contributed by atoms with Gasteiger partial charge in [-0.05, 0) is 12.0 Å². The van der Waals surface area contributed by atoms with E-state index in [0.717, 1.165) is 18.4 Å². The van der Waals surface area contributed by atoms with Crippen LogP contribution in [0.3, 0.4) is 0 Å². The van der Waals surface area contributed by atoms with Crippen LogP contribution in [0.25, 0.3) is 0 Å². The van der Waals surface area contributed by atoms with Gasteiger partial charge in [0.05, 0.1) is 6.61 Å². The lowest BCUT2D eigenvalue weighted by Gasteiger charge is -2.14. The Morgan fingerprint density at radius 2 is 2.00 bits per heavy atom. The molecule has 0 unspecified atom stereocenters. The first kappa shape index (κ1) is 10.9. The van der Waals surface area contributed by atoms with Crippen molar-refractivity contribution in [3.8, 4) is 0 Å². The first-order valence-corrected chi connectivity index (χ1v) is 4.90. The predicted molar refractivity (Wildman–Crippen MR) is 56.4 cm³/mol. The fraction of sp³-hybridized carbons (Fsp3) is 0.600. The molecule has 0 atom stereocenters. The van der Waals surface area contributed by atoms with Gasteiger partial charge in [-0.3, -0.25) is 0 Å². The van der Waals surface area contributed by atoms with E-state index in [2.05, 4.69) is 16.9 Å². The summed E-state index contributed by atoms with van der Waals surface area (Å²) in [6, 6.07) is 0. The van der Waals surface area contributed by atoms with Crippen molar-refractivity contribution in [2.24, 2.45) is 0 Å². The zero-order valence-corrected chi connectivity index (χ0v) is 8.77. The Morgan fingerprint density at radius 1 is 1.36 bits per heavy atom. The number of rotatable bonds is 5. The first-order valence-electron chi connectivity index (χ1n) is 4.90. The molecule has 0 saturated carbocycles. The number of likely N-dealkylation sites (N-methyl/N-ethyl adjacent to an activating group) is 1. The maximum atomic E-state index is 8.74. The summed E-state index contributed by atoms with van der Waals surface area (Å²) >= 11 is 0. The number of aliphatic hydroxyl groups excluding tert-OH is 1. The summed E-state index contributed by atoms with van der Waals surface area (Å²) in [7, 11) is 1.87. The van der Waals surface area contributed by atoms with Crippen molar-refractivity contribution in [2.45, 2.75) is 19.8 Å². The van der Waals surface area contributed by atoms with E-state index >= 15 is 0 Å². The average Bonchev–Trinajstić information content (AvgIpc) is 2.20. The van der Waals surface area contributed by atoms with Crippen LogP contribution in [0.1, 0.15) is 18.9 Å². The molecule has 0 spiro atoms. The lowest BCUT2D eigenvalue weighted by molar-refractivity contribution is 0.303. The van der Waals surface area contributed by atoms with Gasteiger partial charge in [0.2, 0.25) is 5.95 Å². The van der Waals surface area contributed by atoms with Crippen LogP contribution in [0.2, 0.25) is 0 Å². The first-order chi connectivity index (χ1) is 6.77. The van der Waals surface area contributed by atoms with Crippen LogP contribution >= 0.6 is 0 Å². The molecule has 4 heteroatoms. The fourth-order valence-corrected chi connectivity index (χ4v) is 1.21. The smallest absolute Gasteiger partial charge is 0.225 e. The summed E-state index contributed by atoms with van der Waals surface area (Å²) in [5.41, 5.74) is 1.16. The second-order valence-electron chi connectivity index (χ2n) is 3.29. The Hall–Kier alpha value is -1.16. The van der Waals surface area contributed by atoms with E-state index in [0.29, 0.717) is 12.5 Å². The molecule has 78 valence electrons. The van der Waals surface area contributed by atoms with E-state index in [9.17, 15) is 0 Å². The Morgan fingerprint density at radius 3 is 2.50 bits per heavy atom. The molecular formula is C10H17N3O. The van der Waals surface area contributed by atoms with Gasteiger partial charge in [-0.2, -0.15) is 0 Å². The Bertz CT molecular complexity index is 261. The molecule has 14 heavy (non-hydrogen) atoms. The Balaban J connectivity index is 2.62. The zero-order chi connectivity index (χ0) is 10.4. The molecule has 0 bridgehead atoms. The van der Waals surface area contributed by atoms with E-state index in [-0.39, 0.29) is 6.61 Å². The molecule has 1 N–H and O–H groups in total. The van der Waals surface area contributed by atoms with Gasteiger partial charge in [0.25, 0.3) is 0 Å². The van der Waals surface area contributed by atoms with Crippen molar-refractivity contribution in [1.82, 2.24) is 9.97 Å². The molecule has 0 radical (unpaired) electrons. The van der Waals surface area contributed by atoms with Gasteiger partial charge < -0.3 is 10.0 Å². The summed E-state index contributed by atoms with van der Waals surface area (Å²) in [5.74, 6) is 0.666. The summed E-state index contributed by atoms with van der Waals surface area (Å²) in [6.45, 7) is 2.81. The SMILES string of the molecule is CCCc1cnc(N(C)CCO)nc1. The zero-order valence-electron chi connectivity index (χ0n) is 8.77. The van der Waals surface area contributed by atoms with Crippen LogP contribution in [0, 0.1) is 0 Å². The molecule has 0 fully saturated rings. The van der Waals surface area contributed by atoms with Crippen molar-refractivity contribution < 1.29 is 5.11 Å². The number of hydrogen-bond acceptors (Lipinski definition) is 4. The molecule has 0 aliphatic carbocycles. The summed E-state index contributed by atoms with van der Waals surface area (Å²) in [6.07, 6.45) is 5.82. The molecule has 0 amide bonds. The second-order valence-corrected chi connectivity index (χ2v) is 3.29. The molecular weight excluding hydrogens is 178 g/mol. The van der Waals surface area contributed by atoms with Crippen molar-refractivity contribution in [1.29, 1.82) is 0 Å². The van der Waals surface area contributed by atoms with E-state index in [1.165, 1.54) is 0 Å². The van der Waals surface area contributed by atoms with Crippen LogP contribution in [-0.2, 0) is 6.42 Å². The normalized spacial score (nSPS) is 10.2. The van der Waals surface area contributed by atoms with Crippen LogP contribution in [-0.4, -0.2) is 35.3 Å². The van der Waals surface area contributed by atoms with Gasteiger partial charge in [0, 0.05) is 26.0 Å². The lowest BCUT2D eigenvalue weighted by atomic mass is 10.2. The van der Waals surface area contributed by atoms with Gasteiger partial charge >= 0.3 is 0 Å². The quantitative estimate of drug-likeness (QED) is 0.757. The summed E-state index contributed by atoms with van der Waals surface area (Å²) < 4.78 is 0. The van der Waals surface area contributed by atoms with Gasteiger partial charge in [-0.1, -0.05) is 13.3 Å². The van der Waals surface area contributed by atoms with E-state index in [4.69, 9.17) is 5.11 Å². The molecule has 1 aromatic heterocycles. The fourth-order valence-electron chi connectivity index (χ4n) is 1.21. The van der Waals surface area contributed by atoms with Crippen LogP contribution in [0.5, 0.6) is 0 Å². The van der Waals surface area contributed by atoms with Gasteiger partial charge in [0.1, 0.15) is 0 Å². The molecule has 0 saturated heterocycles. The van der Waals surface area contributed by atoms with E-state index < -0.39 is 0 Å². The van der Waals surface area contributed by atoms with Crippen LogP contribution in [0.4, 0.5) is 5.95 Å². The van der Waals surface area contributed by atoms with E-state index in [1.54, 1.807) is 0 Å². The highest BCUT2D eigenvalue weighted by Crippen LogP contribution is 2.05. The number of aromatic nitrogens is 2. The molecule has 1 aromatic rings. The predicted octanol–water partition coefficient (Wildman–Crippen LogP) is 0.858. The standard InChI is InChI=1S/C10H17N3O/c1-3-4-9-7-11-10(12-8-9)13(2)5-6-14/h7-8,14H,3-6H2,1-2H3. The summed E-state index contributed by atoms with van der Waals surface area (Å²) in [5, 5.41) is 8.74. The number of hydrogen-bond donors (Lipinski definition) is 1. The third-order valence-corrected chi connectivity index (χ3v) is 2.01. The van der Waals surface area contributed by atoms with Crippen LogP contribution < -0.4 is 4.90 Å². The minimum atomic E-state index is 0.122. The number of aryl methyl sites for hydroxylation is 1. The molecule has 1 heterocycles. The maximum absolute atomic E-state index is 8.74. The molecule has 1 rings (SSSR count). The van der Waals surface area contributed by atoms with Crippen molar-refractivity contribution in [2.75, 3.05) is 25.1 Å². The highest BCUT2D eigenvalue weighted by molar-refractivity contribution is 5.28. The molecule has 4 nitrogen and oxygen atoms in total. The second kappa shape index (κ2) is 5.54. The largest absolute Gasteiger partial charge is 0.395 e. The topological polar surface area (TPSA) is 49.2 Å². The van der Waals surface area contributed by atoms with Crippen molar-refractivity contribution >= 4 is 5.95 Å². The molecule has 0 aromatic carbocycles. The minimum absolute atomic E-state index is 0.122. The highest BCUT2D eigenvalue weighted by atomic mass is 16.3. The molecule has 0 aliphatic heterocycles. The van der Waals surface area contributed by atoms with Crippen molar-refractivity contribution in [3.63, 3.8) is 0 Å². The lowest BCUT2D eigenvalue weighted by Crippen LogP contribution is -2.23. The maximum Gasteiger partial charge on any atom is 0.225 e. The Kier molecular flexibility index (Phi) is 4.32. The summed E-state index contributed by atoms with van der Waals surface area (Å²) in [4.78, 5) is 10.3. The van der Waals surface area contributed by atoms with Gasteiger partial charge in [-0.15, -0.1) is 0 Å². The third kappa shape index (κ3) is 2.96. The Labute approximate surface area is 84.6 Å². The number of anilines is 1. The van der Waals surface area contributed by atoms with Gasteiger partial charge in [-0.25, -0.2) is 9.97 Å². The molecule has 0 aliphatic rings. The van der Waals surface area contributed by atoms with Crippen LogP contribution in [0.15, 0.2) is 12.4 Å². The third-order valence-electron chi connectivity index (χ3n) is 2.01. The van der Waals surface area contributed by atoms with E-state index in [1.807, 2.05) is 24.3 Å². The van der Waals surface area contributed by atoms with Crippen molar-refractivity contribution in [3.05, 3.63) is 18.0 Å².